The van der Waals surface area contributed by atoms with E-state index in [1.807, 2.05) is 0 Å². The number of alkyl halides is 2. The maximum absolute atomic E-state index is 11.7. The number of rotatable bonds is 5. The zero-order valence-electron chi connectivity index (χ0n) is 10.6. The molecule has 4 nitrogen and oxygen atoms in total. The SMILES string of the molecule is O=C(O)c1cccc(COC[C@@H]2CC(Cl)C(Cl)C2=O)c1. The van der Waals surface area contributed by atoms with Gasteiger partial charge >= 0.3 is 5.97 Å². The molecule has 6 heteroatoms. The van der Waals surface area contributed by atoms with Crippen LogP contribution >= 0.6 is 23.2 Å². The summed E-state index contributed by atoms with van der Waals surface area (Å²) in [5.41, 5.74) is 0.963. The Morgan fingerprint density at radius 3 is 2.75 bits per heavy atom. The lowest BCUT2D eigenvalue weighted by Crippen LogP contribution is -2.20. The average molecular weight is 317 g/mol. The van der Waals surface area contributed by atoms with Crippen LogP contribution in [0.2, 0.25) is 0 Å². The third kappa shape index (κ3) is 3.51. The van der Waals surface area contributed by atoms with Gasteiger partial charge in [0.25, 0.3) is 0 Å². The first-order valence-electron chi connectivity index (χ1n) is 6.21. The van der Waals surface area contributed by atoms with Gasteiger partial charge in [-0.15, -0.1) is 23.2 Å². The summed E-state index contributed by atoms with van der Waals surface area (Å²) >= 11 is 11.8. The molecule has 0 spiro atoms. The van der Waals surface area contributed by atoms with E-state index in [0.717, 1.165) is 5.56 Å². The van der Waals surface area contributed by atoms with Crippen LogP contribution in [0.3, 0.4) is 0 Å². The maximum Gasteiger partial charge on any atom is 0.335 e. The molecule has 0 aliphatic heterocycles. The molecule has 1 aliphatic carbocycles. The first-order valence-corrected chi connectivity index (χ1v) is 7.08. The van der Waals surface area contributed by atoms with Gasteiger partial charge in [-0.2, -0.15) is 0 Å². The third-order valence-corrected chi connectivity index (χ3v) is 4.34. The molecule has 1 aliphatic rings. The topological polar surface area (TPSA) is 63.6 Å². The molecule has 0 heterocycles. The van der Waals surface area contributed by atoms with E-state index < -0.39 is 11.3 Å². The second-order valence-electron chi connectivity index (χ2n) is 4.77. The molecule has 1 aromatic carbocycles. The summed E-state index contributed by atoms with van der Waals surface area (Å²) in [5, 5.41) is 7.91. The molecule has 1 saturated carbocycles. The molecule has 1 N–H and O–H groups in total. The summed E-state index contributed by atoms with van der Waals surface area (Å²) in [7, 11) is 0. The molecule has 0 radical (unpaired) electrons. The minimum atomic E-state index is -0.979. The van der Waals surface area contributed by atoms with Crippen molar-refractivity contribution in [3.8, 4) is 0 Å². The molecular formula is C14H14Cl2O4. The average Bonchev–Trinajstić information content (AvgIpc) is 2.67. The van der Waals surface area contributed by atoms with Crippen LogP contribution in [0.1, 0.15) is 22.3 Å². The Morgan fingerprint density at radius 1 is 1.40 bits per heavy atom. The van der Waals surface area contributed by atoms with Crippen molar-refractivity contribution in [2.45, 2.75) is 23.8 Å². The van der Waals surface area contributed by atoms with Gasteiger partial charge in [0.1, 0.15) is 5.38 Å². The Bertz CT molecular complexity index is 518. The summed E-state index contributed by atoms with van der Waals surface area (Å²) in [6, 6.07) is 6.50. The van der Waals surface area contributed by atoms with Crippen molar-refractivity contribution >= 4 is 35.0 Å². The highest BCUT2D eigenvalue weighted by Crippen LogP contribution is 2.31. The normalized spacial score (nSPS) is 25.9. The van der Waals surface area contributed by atoms with E-state index in [0.29, 0.717) is 6.42 Å². The van der Waals surface area contributed by atoms with Crippen LogP contribution in [0.5, 0.6) is 0 Å². The number of carbonyl (C=O) groups excluding carboxylic acids is 1. The number of carboxylic acids is 1. The van der Waals surface area contributed by atoms with Gasteiger partial charge in [0.15, 0.2) is 5.78 Å². The lowest BCUT2D eigenvalue weighted by atomic mass is 10.1. The highest BCUT2D eigenvalue weighted by atomic mass is 35.5. The van der Waals surface area contributed by atoms with Gasteiger partial charge in [0, 0.05) is 5.92 Å². The Balaban J connectivity index is 1.86. The molecule has 108 valence electrons. The quantitative estimate of drug-likeness (QED) is 0.848. The summed E-state index contributed by atoms with van der Waals surface area (Å²) in [4.78, 5) is 22.6. The fourth-order valence-electron chi connectivity index (χ4n) is 2.17. The van der Waals surface area contributed by atoms with E-state index >= 15 is 0 Å². The molecule has 1 fully saturated rings. The Labute approximate surface area is 126 Å². The van der Waals surface area contributed by atoms with E-state index in [4.69, 9.17) is 33.0 Å². The molecule has 2 unspecified atom stereocenters. The Hall–Kier alpha value is -1.10. The second kappa shape index (κ2) is 6.57. The standard InChI is InChI=1S/C14H14Cl2O4/c15-11-5-10(13(17)12(11)16)7-20-6-8-2-1-3-9(4-8)14(18)19/h1-4,10-12H,5-7H2,(H,18,19)/t10-,11?,12?/m0/s1. The predicted octanol–water partition coefficient (Wildman–Crippen LogP) is 2.71. The van der Waals surface area contributed by atoms with E-state index in [9.17, 15) is 9.59 Å². The zero-order chi connectivity index (χ0) is 14.7. The first-order chi connectivity index (χ1) is 9.49. The van der Waals surface area contributed by atoms with Gasteiger partial charge in [-0.25, -0.2) is 4.79 Å². The van der Waals surface area contributed by atoms with E-state index in [-0.39, 0.29) is 35.9 Å². The molecule has 1 aromatic rings. The van der Waals surface area contributed by atoms with Crippen LogP contribution in [-0.4, -0.2) is 34.2 Å². The van der Waals surface area contributed by atoms with Gasteiger partial charge < -0.3 is 9.84 Å². The van der Waals surface area contributed by atoms with Gasteiger partial charge in [0.05, 0.1) is 24.2 Å². The lowest BCUT2D eigenvalue weighted by Gasteiger charge is -2.09. The fraction of sp³-hybridized carbons (Fsp3) is 0.429. The molecular weight excluding hydrogens is 303 g/mol. The minimum Gasteiger partial charge on any atom is -0.478 e. The van der Waals surface area contributed by atoms with Crippen LogP contribution in [0.4, 0.5) is 0 Å². The highest BCUT2D eigenvalue weighted by Gasteiger charge is 2.39. The molecule has 0 aromatic heterocycles. The van der Waals surface area contributed by atoms with Crippen molar-refractivity contribution in [2.24, 2.45) is 5.92 Å². The number of Topliss-reactive ketones (excluding diaryl/α,β-unsaturated/α-hetero) is 1. The molecule has 0 bridgehead atoms. The predicted molar refractivity (Wildman–Crippen MR) is 75.5 cm³/mol. The van der Waals surface area contributed by atoms with Crippen molar-refractivity contribution in [3.05, 3.63) is 35.4 Å². The van der Waals surface area contributed by atoms with Gasteiger partial charge in [-0.3, -0.25) is 4.79 Å². The number of ketones is 1. The maximum atomic E-state index is 11.7. The number of carbonyl (C=O) groups is 2. The van der Waals surface area contributed by atoms with Gasteiger partial charge in [-0.05, 0) is 24.1 Å². The minimum absolute atomic E-state index is 0.0778. The van der Waals surface area contributed by atoms with E-state index in [2.05, 4.69) is 0 Å². The summed E-state index contributed by atoms with van der Waals surface area (Å²) in [6.07, 6.45) is 0.518. The monoisotopic (exact) mass is 316 g/mol. The smallest absolute Gasteiger partial charge is 0.335 e. The largest absolute Gasteiger partial charge is 0.478 e. The van der Waals surface area contributed by atoms with Crippen molar-refractivity contribution in [1.82, 2.24) is 0 Å². The van der Waals surface area contributed by atoms with E-state index in [1.54, 1.807) is 18.2 Å². The summed E-state index contributed by atoms with van der Waals surface area (Å²) in [5.74, 6) is -1.33. The van der Waals surface area contributed by atoms with Crippen LogP contribution in [0.25, 0.3) is 0 Å². The van der Waals surface area contributed by atoms with Crippen LogP contribution in [0, 0.1) is 5.92 Å². The van der Waals surface area contributed by atoms with Crippen molar-refractivity contribution in [3.63, 3.8) is 0 Å². The lowest BCUT2D eigenvalue weighted by molar-refractivity contribution is -0.122. The fourth-order valence-corrected chi connectivity index (χ4v) is 2.79. The third-order valence-electron chi connectivity index (χ3n) is 3.26. The molecule has 20 heavy (non-hydrogen) atoms. The molecule has 0 saturated heterocycles. The zero-order valence-corrected chi connectivity index (χ0v) is 12.1. The van der Waals surface area contributed by atoms with Crippen LogP contribution < -0.4 is 0 Å². The number of hydrogen-bond acceptors (Lipinski definition) is 3. The number of ether oxygens (including phenoxy) is 1. The van der Waals surface area contributed by atoms with Crippen molar-refractivity contribution in [2.75, 3.05) is 6.61 Å². The number of carboxylic acid groups (broad SMARTS) is 1. The van der Waals surface area contributed by atoms with Gasteiger partial charge in [-0.1, -0.05) is 12.1 Å². The second-order valence-corrected chi connectivity index (χ2v) is 5.80. The number of hydrogen-bond donors (Lipinski definition) is 1. The summed E-state index contributed by atoms with van der Waals surface area (Å²) in [6.45, 7) is 0.507. The first kappa shape index (κ1) is 15.3. The molecule has 0 amide bonds. The molecule has 2 rings (SSSR count). The van der Waals surface area contributed by atoms with E-state index in [1.165, 1.54) is 6.07 Å². The summed E-state index contributed by atoms with van der Waals surface area (Å²) < 4.78 is 5.47. The number of halogens is 2. The number of benzene rings is 1. The highest BCUT2D eigenvalue weighted by molar-refractivity contribution is 6.39. The Morgan fingerprint density at radius 2 is 2.15 bits per heavy atom. The number of aromatic carboxylic acids is 1. The Kier molecular flexibility index (Phi) is 5.02. The van der Waals surface area contributed by atoms with Crippen LogP contribution in [-0.2, 0) is 16.1 Å². The van der Waals surface area contributed by atoms with Crippen molar-refractivity contribution < 1.29 is 19.4 Å². The van der Waals surface area contributed by atoms with Crippen LogP contribution in [0.15, 0.2) is 24.3 Å². The van der Waals surface area contributed by atoms with Gasteiger partial charge in [0.2, 0.25) is 0 Å². The molecule has 3 atom stereocenters. The van der Waals surface area contributed by atoms with Crippen molar-refractivity contribution in [1.29, 1.82) is 0 Å².